The minimum absolute atomic E-state index is 0.169. The van der Waals surface area contributed by atoms with E-state index in [4.69, 9.17) is 10.4 Å². The Morgan fingerprint density at radius 3 is 2.29 bits per heavy atom. The highest BCUT2D eigenvalue weighted by Crippen LogP contribution is 2.16. The van der Waals surface area contributed by atoms with Gasteiger partial charge in [0, 0.05) is 19.3 Å². The summed E-state index contributed by atoms with van der Waals surface area (Å²) < 4.78 is 0. The third-order valence-corrected chi connectivity index (χ3v) is 2.85. The molecular formula is C15H19N3O3. The molecule has 0 aliphatic carbocycles. The van der Waals surface area contributed by atoms with Crippen molar-refractivity contribution in [2.75, 3.05) is 25.0 Å². The van der Waals surface area contributed by atoms with Gasteiger partial charge in [0.05, 0.1) is 11.6 Å². The Morgan fingerprint density at radius 1 is 1.29 bits per heavy atom. The predicted octanol–water partition coefficient (Wildman–Crippen LogP) is 2.16. The zero-order valence-electron chi connectivity index (χ0n) is 12.4. The van der Waals surface area contributed by atoms with Gasteiger partial charge >= 0.3 is 12.0 Å². The van der Waals surface area contributed by atoms with Crippen LogP contribution in [-0.4, -0.2) is 42.1 Å². The SMILES string of the molecule is CC(C)CN(CC(=O)O)C(=O)N(C)c1ccc(C#N)cc1. The second kappa shape index (κ2) is 7.29. The molecule has 1 aromatic carbocycles. The lowest BCUT2D eigenvalue weighted by Crippen LogP contribution is -2.45. The molecule has 0 saturated carbocycles. The van der Waals surface area contributed by atoms with Crippen molar-refractivity contribution in [2.45, 2.75) is 13.8 Å². The van der Waals surface area contributed by atoms with E-state index in [-0.39, 0.29) is 18.5 Å². The van der Waals surface area contributed by atoms with Crippen LogP contribution in [0, 0.1) is 17.2 Å². The summed E-state index contributed by atoms with van der Waals surface area (Å²) in [5, 5.41) is 17.7. The van der Waals surface area contributed by atoms with Gasteiger partial charge in [-0.2, -0.15) is 5.26 Å². The van der Waals surface area contributed by atoms with Gasteiger partial charge in [-0.1, -0.05) is 13.8 Å². The smallest absolute Gasteiger partial charge is 0.324 e. The quantitative estimate of drug-likeness (QED) is 0.900. The number of rotatable bonds is 5. The molecule has 0 radical (unpaired) electrons. The van der Waals surface area contributed by atoms with Gasteiger partial charge in [-0.25, -0.2) is 4.79 Å². The van der Waals surface area contributed by atoms with E-state index in [0.717, 1.165) is 0 Å². The van der Waals surface area contributed by atoms with Gasteiger partial charge in [0.15, 0.2) is 0 Å². The van der Waals surface area contributed by atoms with Crippen molar-refractivity contribution < 1.29 is 14.7 Å². The maximum atomic E-state index is 12.4. The number of benzene rings is 1. The standard InChI is InChI=1S/C15H19N3O3/c1-11(2)9-18(10-14(19)20)15(21)17(3)13-6-4-12(8-16)5-7-13/h4-7,11H,9-10H2,1-3H3,(H,19,20). The van der Waals surface area contributed by atoms with E-state index in [1.165, 1.54) is 9.80 Å². The van der Waals surface area contributed by atoms with E-state index in [9.17, 15) is 9.59 Å². The Labute approximate surface area is 124 Å². The molecule has 112 valence electrons. The zero-order valence-corrected chi connectivity index (χ0v) is 12.4. The number of urea groups is 1. The van der Waals surface area contributed by atoms with Crippen molar-refractivity contribution >= 4 is 17.7 Å². The van der Waals surface area contributed by atoms with Crippen molar-refractivity contribution in [3.8, 4) is 6.07 Å². The van der Waals surface area contributed by atoms with Crippen LogP contribution in [0.2, 0.25) is 0 Å². The molecule has 0 aliphatic rings. The van der Waals surface area contributed by atoms with Crippen LogP contribution in [-0.2, 0) is 4.79 Å². The number of carbonyl (C=O) groups is 2. The summed E-state index contributed by atoms with van der Waals surface area (Å²) in [5.74, 6) is -0.875. The number of carbonyl (C=O) groups excluding carboxylic acids is 1. The fraction of sp³-hybridized carbons (Fsp3) is 0.400. The minimum atomic E-state index is -1.04. The molecular weight excluding hydrogens is 270 g/mol. The molecule has 6 nitrogen and oxygen atoms in total. The second-order valence-electron chi connectivity index (χ2n) is 5.17. The molecule has 0 aromatic heterocycles. The highest BCUT2D eigenvalue weighted by Gasteiger charge is 2.22. The van der Waals surface area contributed by atoms with Crippen LogP contribution in [0.5, 0.6) is 0 Å². The normalized spacial score (nSPS) is 10.0. The molecule has 0 heterocycles. The van der Waals surface area contributed by atoms with Crippen LogP contribution in [0.4, 0.5) is 10.5 Å². The topological polar surface area (TPSA) is 84.6 Å². The Morgan fingerprint density at radius 2 is 1.86 bits per heavy atom. The Balaban J connectivity index is 2.90. The summed E-state index contributed by atoms with van der Waals surface area (Å²) in [5.41, 5.74) is 1.11. The van der Waals surface area contributed by atoms with Gasteiger partial charge in [-0.3, -0.25) is 9.69 Å². The van der Waals surface area contributed by atoms with E-state index in [2.05, 4.69) is 0 Å². The Bertz CT molecular complexity index is 546. The second-order valence-corrected chi connectivity index (χ2v) is 5.17. The number of anilines is 1. The van der Waals surface area contributed by atoms with Gasteiger partial charge in [0.1, 0.15) is 6.54 Å². The molecule has 0 saturated heterocycles. The van der Waals surface area contributed by atoms with E-state index in [1.54, 1.807) is 31.3 Å². The molecule has 0 aliphatic heterocycles. The Hall–Kier alpha value is -2.55. The van der Waals surface area contributed by atoms with Crippen molar-refractivity contribution in [1.29, 1.82) is 5.26 Å². The Kier molecular flexibility index (Phi) is 5.73. The first-order chi connectivity index (χ1) is 9.85. The number of amides is 2. The number of carboxylic acids is 1. The highest BCUT2D eigenvalue weighted by molar-refractivity contribution is 5.93. The molecule has 0 unspecified atom stereocenters. The largest absolute Gasteiger partial charge is 0.480 e. The zero-order chi connectivity index (χ0) is 16.0. The van der Waals surface area contributed by atoms with E-state index in [0.29, 0.717) is 17.8 Å². The summed E-state index contributed by atoms with van der Waals surface area (Å²) in [6, 6.07) is 8.17. The molecule has 0 fully saturated rings. The number of hydrogen-bond donors (Lipinski definition) is 1. The molecule has 6 heteroatoms. The lowest BCUT2D eigenvalue weighted by atomic mass is 10.2. The molecule has 0 spiro atoms. The van der Waals surface area contributed by atoms with Crippen LogP contribution < -0.4 is 4.90 Å². The lowest BCUT2D eigenvalue weighted by molar-refractivity contribution is -0.137. The van der Waals surface area contributed by atoms with Gasteiger partial charge < -0.3 is 10.0 Å². The molecule has 1 aromatic rings. The van der Waals surface area contributed by atoms with Gasteiger partial charge in [0.25, 0.3) is 0 Å². The van der Waals surface area contributed by atoms with Crippen LogP contribution in [0.3, 0.4) is 0 Å². The molecule has 0 bridgehead atoms. The van der Waals surface area contributed by atoms with Crippen LogP contribution in [0.1, 0.15) is 19.4 Å². The van der Waals surface area contributed by atoms with Crippen molar-refractivity contribution in [3.05, 3.63) is 29.8 Å². The minimum Gasteiger partial charge on any atom is -0.480 e. The number of carboxylic acid groups (broad SMARTS) is 1. The maximum absolute atomic E-state index is 12.4. The van der Waals surface area contributed by atoms with Crippen molar-refractivity contribution in [3.63, 3.8) is 0 Å². The fourth-order valence-corrected chi connectivity index (χ4v) is 1.90. The number of aliphatic carboxylic acids is 1. The monoisotopic (exact) mass is 289 g/mol. The van der Waals surface area contributed by atoms with Crippen LogP contribution >= 0.6 is 0 Å². The van der Waals surface area contributed by atoms with Crippen molar-refractivity contribution in [1.82, 2.24) is 4.90 Å². The van der Waals surface area contributed by atoms with Crippen LogP contribution in [0.15, 0.2) is 24.3 Å². The molecule has 1 rings (SSSR count). The first-order valence-corrected chi connectivity index (χ1v) is 6.59. The third-order valence-electron chi connectivity index (χ3n) is 2.85. The summed E-state index contributed by atoms with van der Waals surface area (Å²) in [4.78, 5) is 26.0. The predicted molar refractivity (Wildman–Crippen MR) is 79.0 cm³/mol. The fourth-order valence-electron chi connectivity index (χ4n) is 1.90. The third kappa shape index (κ3) is 4.80. The van der Waals surface area contributed by atoms with Gasteiger partial charge in [-0.05, 0) is 30.2 Å². The van der Waals surface area contributed by atoms with E-state index >= 15 is 0 Å². The average molecular weight is 289 g/mol. The van der Waals surface area contributed by atoms with Gasteiger partial charge in [-0.15, -0.1) is 0 Å². The lowest BCUT2D eigenvalue weighted by Gasteiger charge is -2.28. The summed E-state index contributed by atoms with van der Waals surface area (Å²) in [6.45, 7) is 3.87. The molecule has 21 heavy (non-hydrogen) atoms. The van der Waals surface area contributed by atoms with E-state index < -0.39 is 5.97 Å². The van der Waals surface area contributed by atoms with Crippen LogP contribution in [0.25, 0.3) is 0 Å². The number of hydrogen-bond acceptors (Lipinski definition) is 3. The number of nitrogens with zero attached hydrogens (tertiary/aromatic N) is 3. The molecule has 1 N–H and O–H groups in total. The maximum Gasteiger partial charge on any atom is 0.324 e. The molecule has 2 amide bonds. The number of nitriles is 1. The van der Waals surface area contributed by atoms with E-state index in [1.807, 2.05) is 19.9 Å². The van der Waals surface area contributed by atoms with Gasteiger partial charge in [0.2, 0.25) is 0 Å². The molecule has 0 atom stereocenters. The first-order valence-electron chi connectivity index (χ1n) is 6.59. The summed E-state index contributed by atoms with van der Waals surface area (Å²) >= 11 is 0. The highest BCUT2D eigenvalue weighted by atomic mass is 16.4. The summed E-state index contributed by atoms with van der Waals surface area (Å²) in [7, 11) is 1.58. The average Bonchev–Trinajstić information content (AvgIpc) is 2.44. The summed E-state index contributed by atoms with van der Waals surface area (Å²) in [6.07, 6.45) is 0. The van der Waals surface area contributed by atoms with Crippen molar-refractivity contribution in [2.24, 2.45) is 5.92 Å². The first kappa shape index (κ1) is 16.5.